The van der Waals surface area contributed by atoms with Gasteiger partial charge in [0, 0.05) is 17.3 Å². The minimum atomic E-state index is -4.63. The minimum absolute atomic E-state index is 0.0118. The zero-order valence-corrected chi connectivity index (χ0v) is 24.9. The van der Waals surface area contributed by atoms with Gasteiger partial charge in [0.15, 0.2) is 12.4 Å². The first kappa shape index (κ1) is 31.3. The van der Waals surface area contributed by atoms with E-state index < -0.39 is 30.3 Å². The highest BCUT2D eigenvalue weighted by Gasteiger charge is 2.31. The number of nitrogens with one attached hydrogen (secondary N) is 1. The Balaban J connectivity index is 1.58. The van der Waals surface area contributed by atoms with Gasteiger partial charge >= 0.3 is 12.3 Å². The molecule has 234 valence electrons. The number of hydrogen-bond donors (Lipinski definition) is 1. The number of anilines is 1. The lowest BCUT2D eigenvalue weighted by atomic mass is 10.1. The predicted molar refractivity (Wildman–Crippen MR) is 161 cm³/mol. The van der Waals surface area contributed by atoms with Gasteiger partial charge in [0.25, 0.3) is 0 Å². The molecule has 0 radical (unpaired) electrons. The lowest BCUT2D eigenvalue weighted by Crippen LogP contribution is -2.27. The molecule has 0 spiro atoms. The van der Waals surface area contributed by atoms with Crippen molar-refractivity contribution in [3.05, 3.63) is 96.1 Å². The number of halogens is 4. The van der Waals surface area contributed by atoms with E-state index in [1.165, 1.54) is 16.7 Å². The highest BCUT2D eigenvalue weighted by Crippen LogP contribution is 2.40. The molecule has 3 aromatic carbocycles. The second-order valence-corrected chi connectivity index (χ2v) is 11.2. The summed E-state index contributed by atoms with van der Waals surface area (Å²) >= 11 is 0. The Kier molecular flexibility index (Phi) is 8.67. The minimum Gasteiger partial charge on any atom is -0.489 e. The maximum Gasteiger partial charge on any atom is 0.422 e. The van der Waals surface area contributed by atoms with Crippen LogP contribution in [-0.2, 0) is 11.3 Å². The monoisotopic (exact) mass is 622 g/mol. The Morgan fingerprint density at radius 1 is 0.933 bits per heavy atom. The topological polar surface area (TPSA) is 87.5 Å². The van der Waals surface area contributed by atoms with E-state index in [1.54, 1.807) is 58.0 Å². The summed E-state index contributed by atoms with van der Waals surface area (Å²) in [7, 11) is 0. The first-order valence-electron chi connectivity index (χ1n) is 13.9. The van der Waals surface area contributed by atoms with Crippen LogP contribution in [0.1, 0.15) is 31.9 Å². The Morgan fingerprint density at radius 2 is 1.64 bits per heavy atom. The van der Waals surface area contributed by atoms with E-state index in [0.717, 1.165) is 11.9 Å². The molecule has 0 aliphatic carbocycles. The van der Waals surface area contributed by atoms with E-state index in [9.17, 15) is 18.0 Å². The number of carbonyl (C=O) groups is 1. The fraction of sp³-hybridized carbons (Fsp3) is 0.242. The summed E-state index contributed by atoms with van der Waals surface area (Å²) in [5.74, 6) is -0.802. The van der Waals surface area contributed by atoms with E-state index in [2.05, 4.69) is 15.3 Å². The fourth-order valence-corrected chi connectivity index (χ4v) is 4.71. The van der Waals surface area contributed by atoms with Gasteiger partial charge in [-0.15, -0.1) is 0 Å². The molecule has 12 heteroatoms. The highest BCUT2D eigenvalue weighted by molar-refractivity contribution is 5.94. The van der Waals surface area contributed by atoms with Crippen LogP contribution < -0.4 is 14.8 Å². The Hall–Kier alpha value is -5.13. The average molecular weight is 623 g/mol. The molecular weight excluding hydrogens is 592 g/mol. The van der Waals surface area contributed by atoms with Crippen LogP contribution in [0.4, 0.5) is 28.0 Å². The van der Waals surface area contributed by atoms with Gasteiger partial charge in [0.2, 0.25) is 5.88 Å². The zero-order valence-electron chi connectivity index (χ0n) is 24.9. The molecule has 2 aromatic heterocycles. The Bertz CT molecular complexity index is 1820. The van der Waals surface area contributed by atoms with Crippen LogP contribution in [0.3, 0.4) is 0 Å². The summed E-state index contributed by atoms with van der Waals surface area (Å²) in [5, 5.41) is 2.65. The van der Waals surface area contributed by atoms with Gasteiger partial charge in [-0.2, -0.15) is 18.2 Å². The predicted octanol–water partition coefficient (Wildman–Crippen LogP) is 8.40. The van der Waals surface area contributed by atoms with Crippen LogP contribution in [0, 0.1) is 12.7 Å². The molecule has 0 bridgehead atoms. The van der Waals surface area contributed by atoms with E-state index in [0.29, 0.717) is 22.5 Å². The average Bonchev–Trinajstić information content (AvgIpc) is 3.27. The van der Waals surface area contributed by atoms with Crippen molar-refractivity contribution in [1.29, 1.82) is 0 Å². The Labute approximate surface area is 256 Å². The maximum atomic E-state index is 15.9. The highest BCUT2D eigenvalue weighted by atomic mass is 19.4. The number of fused-ring (bicyclic) bond motifs is 1. The summed E-state index contributed by atoms with van der Waals surface area (Å²) < 4.78 is 73.0. The quantitative estimate of drug-likeness (QED) is 0.175. The lowest BCUT2D eigenvalue weighted by Gasteiger charge is -2.19. The molecule has 1 N–H and O–H groups in total. The summed E-state index contributed by atoms with van der Waals surface area (Å²) in [6.07, 6.45) is -4.18. The van der Waals surface area contributed by atoms with Crippen LogP contribution in [0.25, 0.3) is 28.0 Å². The molecule has 0 unspecified atom stereocenters. The van der Waals surface area contributed by atoms with Gasteiger partial charge < -0.3 is 14.2 Å². The van der Waals surface area contributed by atoms with Gasteiger partial charge in [0.05, 0.1) is 16.9 Å². The lowest BCUT2D eigenvalue weighted by molar-refractivity contribution is -0.153. The van der Waals surface area contributed by atoms with Gasteiger partial charge in [-0.1, -0.05) is 42.5 Å². The van der Waals surface area contributed by atoms with Crippen LogP contribution in [0.15, 0.2) is 79.1 Å². The number of alkyl halides is 3. The number of carbonyl (C=O) groups excluding carboxylic acids is 1. The molecule has 5 aromatic rings. The first-order valence-corrected chi connectivity index (χ1v) is 13.9. The molecule has 0 fully saturated rings. The van der Waals surface area contributed by atoms with Crippen molar-refractivity contribution in [3.63, 3.8) is 0 Å². The van der Waals surface area contributed by atoms with E-state index in [-0.39, 0.29) is 35.0 Å². The zero-order chi connectivity index (χ0) is 32.4. The molecule has 0 atom stereocenters. The van der Waals surface area contributed by atoms with Crippen LogP contribution in [0.2, 0.25) is 0 Å². The number of nitrogens with zero attached hydrogens (tertiary/aromatic N) is 3. The third-order valence-electron chi connectivity index (χ3n) is 6.53. The van der Waals surface area contributed by atoms with Crippen LogP contribution in [0.5, 0.6) is 11.6 Å². The van der Waals surface area contributed by atoms with Gasteiger partial charge in [-0.05, 0) is 63.1 Å². The number of benzene rings is 3. The normalized spacial score (nSPS) is 11.8. The molecule has 0 aliphatic heterocycles. The summed E-state index contributed by atoms with van der Waals surface area (Å²) in [5.41, 5.74) is 2.52. The third-order valence-corrected chi connectivity index (χ3v) is 6.53. The number of hydrogen-bond acceptors (Lipinski definition) is 6. The number of ether oxygens (including phenoxy) is 3. The molecule has 0 saturated heterocycles. The SMILES string of the molecule is Cc1c(-c2ccc(NC(=O)OC(C)(C)C)cc2)n(-c2ccc(OCc3ccccc3)cc2F)c2c(OCC(F)(F)F)ncnc12. The molecule has 0 aliphatic rings. The molecule has 0 saturated carbocycles. The van der Waals surface area contributed by atoms with Crippen molar-refractivity contribution >= 4 is 22.8 Å². The molecule has 1 amide bonds. The van der Waals surface area contributed by atoms with E-state index >= 15 is 4.39 Å². The van der Waals surface area contributed by atoms with Crippen molar-refractivity contribution in [2.45, 2.75) is 46.1 Å². The number of aromatic nitrogens is 3. The standard InChI is InChI=1S/C33H30F4N4O4/c1-20-27-29(30(39-19-38-27)44-18-33(35,36)37)41(26-15-14-24(16-25(26)34)43-17-21-8-6-5-7-9-21)28(20)22-10-12-23(13-11-22)40-31(42)45-32(2,3)4/h5-16,19H,17-18H2,1-4H3,(H,40,42). The van der Waals surface area contributed by atoms with Gasteiger partial charge in [-0.25, -0.2) is 14.2 Å². The fourth-order valence-electron chi connectivity index (χ4n) is 4.71. The number of rotatable bonds is 8. The number of aryl methyl sites for hydroxylation is 1. The van der Waals surface area contributed by atoms with Crippen molar-refractivity contribution in [2.75, 3.05) is 11.9 Å². The molecule has 45 heavy (non-hydrogen) atoms. The molecular formula is C33H30F4N4O4. The summed E-state index contributed by atoms with van der Waals surface area (Å²) in [6.45, 7) is 5.56. The van der Waals surface area contributed by atoms with Crippen molar-refractivity contribution < 1.29 is 36.6 Å². The van der Waals surface area contributed by atoms with Gasteiger partial charge in [0.1, 0.15) is 29.8 Å². The van der Waals surface area contributed by atoms with Gasteiger partial charge in [-0.3, -0.25) is 9.88 Å². The smallest absolute Gasteiger partial charge is 0.422 e. The van der Waals surface area contributed by atoms with Crippen LogP contribution >= 0.6 is 0 Å². The second kappa shape index (κ2) is 12.5. The maximum absolute atomic E-state index is 15.9. The first-order chi connectivity index (χ1) is 21.3. The summed E-state index contributed by atoms with van der Waals surface area (Å²) in [6, 6.07) is 20.2. The van der Waals surface area contributed by atoms with Crippen molar-refractivity contribution in [1.82, 2.24) is 14.5 Å². The third kappa shape index (κ3) is 7.51. The number of amides is 1. The summed E-state index contributed by atoms with van der Waals surface area (Å²) in [4.78, 5) is 20.5. The largest absolute Gasteiger partial charge is 0.489 e. The molecule has 2 heterocycles. The van der Waals surface area contributed by atoms with E-state index in [1.807, 2.05) is 30.3 Å². The molecule has 8 nitrogen and oxygen atoms in total. The second-order valence-electron chi connectivity index (χ2n) is 11.2. The van der Waals surface area contributed by atoms with Crippen molar-refractivity contribution in [3.8, 4) is 28.6 Å². The van der Waals surface area contributed by atoms with E-state index in [4.69, 9.17) is 14.2 Å². The van der Waals surface area contributed by atoms with Crippen molar-refractivity contribution in [2.24, 2.45) is 0 Å². The molecule has 5 rings (SSSR count). The Morgan fingerprint density at radius 3 is 2.29 bits per heavy atom. The van der Waals surface area contributed by atoms with Crippen LogP contribution in [-0.4, -0.2) is 39.0 Å².